The Morgan fingerprint density at radius 3 is 2.70 bits per heavy atom. The molecule has 0 saturated carbocycles. The van der Waals surface area contributed by atoms with E-state index in [0.29, 0.717) is 25.4 Å². The van der Waals surface area contributed by atoms with Crippen molar-refractivity contribution in [3.8, 4) is 5.75 Å². The topological polar surface area (TPSA) is 59.6 Å². The van der Waals surface area contributed by atoms with Crippen LogP contribution in [0.15, 0.2) is 54.6 Å². The van der Waals surface area contributed by atoms with Gasteiger partial charge in [0.2, 0.25) is 5.91 Å². The van der Waals surface area contributed by atoms with Crippen molar-refractivity contribution in [1.82, 2.24) is 5.32 Å². The lowest BCUT2D eigenvalue weighted by molar-refractivity contribution is -0.115. The lowest BCUT2D eigenvalue weighted by Crippen LogP contribution is -2.30. The molecule has 0 aliphatic carbocycles. The first-order valence-electron chi connectivity index (χ1n) is 7.54. The Morgan fingerprint density at radius 1 is 1.09 bits per heavy atom. The molecule has 0 aliphatic heterocycles. The molecule has 0 aromatic heterocycles. The quantitative estimate of drug-likeness (QED) is 0.698. The summed E-state index contributed by atoms with van der Waals surface area (Å²) in [6.45, 7) is 1.97. The Labute approximate surface area is 136 Å². The summed E-state index contributed by atoms with van der Waals surface area (Å²) >= 11 is 0. The van der Waals surface area contributed by atoms with E-state index in [1.807, 2.05) is 54.6 Å². The predicted molar refractivity (Wildman–Crippen MR) is 90.6 cm³/mol. The van der Waals surface area contributed by atoms with Crippen LogP contribution < -0.4 is 15.4 Å². The molecule has 2 N–H and O–H groups in total. The number of benzene rings is 2. The number of nitrogens with one attached hydrogen (secondary N) is 2. The summed E-state index contributed by atoms with van der Waals surface area (Å²) < 4.78 is 10.7. The summed E-state index contributed by atoms with van der Waals surface area (Å²) in [5.41, 5.74) is 1.82. The number of amides is 1. The monoisotopic (exact) mass is 314 g/mol. The van der Waals surface area contributed by atoms with E-state index in [4.69, 9.17) is 9.47 Å². The van der Waals surface area contributed by atoms with Gasteiger partial charge < -0.3 is 20.1 Å². The first-order chi connectivity index (χ1) is 11.3. The largest absolute Gasteiger partial charge is 0.489 e. The summed E-state index contributed by atoms with van der Waals surface area (Å²) in [5.74, 6) is 0.625. The van der Waals surface area contributed by atoms with Gasteiger partial charge in [0.25, 0.3) is 0 Å². The zero-order chi connectivity index (χ0) is 16.3. The van der Waals surface area contributed by atoms with Gasteiger partial charge in [0, 0.05) is 25.4 Å². The number of carbonyl (C=O) groups is 1. The number of hydrogen-bond donors (Lipinski definition) is 2. The molecule has 1 amide bonds. The van der Waals surface area contributed by atoms with Crippen LogP contribution in [-0.2, 0) is 16.1 Å². The van der Waals surface area contributed by atoms with Crippen LogP contribution in [0, 0.1) is 0 Å². The SMILES string of the molecule is COCCNCC(=O)Nc1cccc(OCc2ccccc2)c1. The predicted octanol–water partition coefficient (Wildman–Crippen LogP) is 2.44. The molecule has 0 unspecified atom stereocenters. The van der Waals surface area contributed by atoms with Crippen molar-refractivity contribution in [3.63, 3.8) is 0 Å². The summed E-state index contributed by atoms with van der Waals surface area (Å²) in [6.07, 6.45) is 0. The van der Waals surface area contributed by atoms with Crippen LogP contribution in [0.4, 0.5) is 5.69 Å². The molecule has 5 heteroatoms. The van der Waals surface area contributed by atoms with E-state index in [-0.39, 0.29) is 12.5 Å². The van der Waals surface area contributed by atoms with Crippen molar-refractivity contribution in [2.45, 2.75) is 6.61 Å². The summed E-state index contributed by atoms with van der Waals surface area (Å²) in [7, 11) is 1.63. The van der Waals surface area contributed by atoms with Crippen LogP contribution in [0.1, 0.15) is 5.56 Å². The Balaban J connectivity index is 1.81. The van der Waals surface area contributed by atoms with Crippen molar-refractivity contribution in [1.29, 1.82) is 0 Å². The van der Waals surface area contributed by atoms with Gasteiger partial charge in [-0.25, -0.2) is 0 Å². The van der Waals surface area contributed by atoms with Crippen molar-refractivity contribution in [2.75, 3.05) is 32.1 Å². The molecule has 2 aromatic carbocycles. The standard InChI is InChI=1S/C18H22N2O3/c1-22-11-10-19-13-18(21)20-16-8-5-9-17(12-16)23-14-15-6-3-2-4-7-15/h2-9,12,19H,10-11,13-14H2,1H3,(H,20,21). The maximum absolute atomic E-state index is 11.8. The van der Waals surface area contributed by atoms with Gasteiger partial charge >= 0.3 is 0 Å². The second-order valence-electron chi connectivity index (χ2n) is 5.02. The van der Waals surface area contributed by atoms with E-state index in [2.05, 4.69) is 10.6 Å². The lowest BCUT2D eigenvalue weighted by Gasteiger charge is -2.10. The van der Waals surface area contributed by atoms with Gasteiger partial charge in [-0.1, -0.05) is 36.4 Å². The molecule has 0 bridgehead atoms. The fourth-order valence-corrected chi connectivity index (χ4v) is 1.99. The normalized spacial score (nSPS) is 10.3. The first kappa shape index (κ1) is 17.0. The van der Waals surface area contributed by atoms with Crippen LogP contribution in [0.5, 0.6) is 5.75 Å². The molecule has 122 valence electrons. The number of hydrogen-bond acceptors (Lipinski definition) is 4. The number of anilines is 1. The zero-order valence-corrected chi connectivity index (χ0v) is 13.2. The van der Waals surface area contributed by atoms with Gasteiger partial charge in [0.1, 0.15) is 12.4 Å². The third kappa shape index (κ3) is 6.50. The number of ether oxygens (including phenoxy) is 2. The highest BCUT2D eigenvalue weighted by atomic mass is 16.5. The van der Waals surface area contributed by atoms with E-state index < -0.39 is 0 Å². The second kappa shape index (κ2) is 9.61. The molecule has 0 heterocycles. The highest BCUT2D eigenvalue weighted by molar-refractivity contribution is 5.92. The van der Waals surface area contributed by atoms with Crippen molar-refractivity contribution in [2.24, 2.45) is 0 Å². The van der Waals surface area contributed by atoms with E-state index in [1.54, 1.807) is 7.11 Å². The fraction of sp³-hybridized carbons (Fsp3) is 0.278. The molecule has 2 aromatic rings. The summed E-state index contributed by atoms with van der Waals surface area (Å²) in [6, 6.07) is 17.3. The van der Waals surface area contributed by atoms with E-state index in [9.17, 15) is 4.79 Å². The van der Waals surface area contributed by atoms with Crippen LogP contribution in [0.3, 0.4) is 0 Å². The minimum absolute atomic E-state index is 0.0960. The van der Waals surface area contributed by atoms with E-state index in [1.165, 1.54) is 0 Å². The highest BCUT2D eigenvalue weighted by Gasteiger charge is 2.03. The lowest BCUT2D eigenvalue weighted by atomic mass is 10.2. The molecule has 2 rings (SSSR count). The summed E-state index contributed by atoms with van der Waals surface area (Å²) in [5, 5.41) is 5.83. The van der Waals surface area contributed by atoms with Crippen molar-refractivity contribution >= 4 is 11.6 Å². The Kier molecular flexibility index (Phi) is 7.10. The highest BCUT2D eigenvalue weighted by Crippen LogP contribution is 2.18. The maximum atomic E-state index is 11.8. The molecule has 5 nitrogen and oxygen atoms in total. The van der Waals surface area contributed by atoms with Crippen LogP contribution in [0.2, 0.25) is 0 Å². The van der Waals surface area contributed by atoms with Gasteiger partial charge in [-0.3, -0.25) is 4.79 Å². The van der Waals surface area contributed by atoms with Crippen LogP contribution in [0.25, 0.3) is 0 Å². The van der Waals surface area contributed by atoms with Gasteiger partial charge in [0.15, 0.2) is 0 Å². The van der Waals surface area contributed by atoms with Crippen molar-refractivity contribution in [3.05, 3.63) is 60.2 Å². The minimum atomic E-state index is -0.0960. The Hall–Kier alpha value is -2.37. The smallest absolute Gasteiger partial charge is 0.238 e. The molecule has 0 spiro atoms. The molecule has 0 atom stereocenters. The maximum Gasteiger partial charge on any atom is 0.238 e. The first-order valence-corrected chi connectivity index (χ1v) is 7.54. The fourth-order valence-electron chi connectivity index (χ4n) is 1.99. The number of methoxy groups -OCH3 is 1. The van der Waals surface area contributed by atoms with Crippen LogP contribution in [-0.4, -0.2) is 32.7 Å². The molecule has 0 fully saturated rings. The average Bonchev–Trinajstić information content (AvgIpc) is 2.58. The molecule has 0 saturated heterocycles. The van der Waals surface area contributed by atoms with Gasteiger partial charge in [0.05, 0.1) is 13.2 Å². The van der Waals surface area contributed by atoms with Crippen LogP contribution >= 0.6 is 0 Å². The third-order valence-electron chi connectivity index (χ3n) is 3.13. The number of rotatable bonds is 9. The average molecular weight is 314 g/mol. The van der Waals surface area contributed by atoms with Gasteiger partial charge in [-0.05, 0) is 17.7 Å². The molecule has 0 radical (unpaired) electrons. The van der Waals surface area contributed by atoms with Crippen molar-refractivity contribution < 1.29 is 14.3 Å². The van der Waals surface area contributed by atoms with Gasteiger partial charge in [-0.2, -0.15) is 0 Å². The summed E-state index contributed by atoms with van der Waals surface area (Å²) in [4.78, 5) is 11.8. The minimum Gasteiger partial charge on any atom is -0.489 e. The number of carbonyl (C=O) groups excluding carboxylic acids is 1. The molecule has 23 heavy (non-hydrogen) atoms. The van der Waals surface area contributed by atoms with Gasteiger partial charge in [-0.15, -0.1) is 0 Å². The molecule has 0 aliphatic rings. The molecular weight excluding hydrogens is 292 g/mol. The van der Waals surface area contributed by atoms with E-state index in [0.717, 1.165) is 11.3 Å². The van der Waals surface area contributed by atoms with E-state index >= 15 is 0 Å². The third-order valence-corrected chi connectivity index (χ3v) is 3.13. The Bertz CT molecular complexity index is 602. The zero-order valence-electron chi connectivity index (χ0n) is 13.2. The molecular formula is C18H22N2O3. The Morgan fingerprint density at radius 2 is 1.91 bits per heavy atom. The second-order valence-corrected chi connectivity index (χ2v) is 5.02.